The van der Waals surface area contributed by atoms with Crippen molar-refractivity contribution in [3.63, 3.8) is 0 Å². The van der Waals surface area contributed by atoms with Gasteiger partial charge in [0, 0.05) is 31.4 Å². The molecule has 0 saturated heterocycles. The predicted octanol–water partition coefficient (Wildman–Crippen LogP) is 2.44. The van der Waals surface area contributed by atoms with Gasteiger partial charge in [0.15, 0.2) is 5.76 Å². The summed E-state index contributed by atoms with van der Waals surface area (Å²) < 4.78 is 15.7. The average molecular weight is 318 g/mol. The Bertz CT molecular complexity index is 625. The number of nitrogens with zero attached hydrogens (tertiary/aromatic N) is 1. The second-order valence-corrected chi connectivity index (χ2v) is 4.99. The van der Waals surface area contributed by atoms with Crippen LogP contribution < -0.4 is 10.1 Å². The van der Waals surface area contributed by atoms with Crippen molar-refractivity contribution in [2.75, 3.05) is 26.9 Å². The first-order valence-electron chi connectivity index (χ1n) is 7.67. The lowest BCUT2D eigenvalue weighted by Crippen LogP contribution is -2.26. The van der Waals surface area contributed by atoms with Crippen LogP contribution in [-0.4, -0.2) is 37.9 Å². The van der Waals surface area contributed by atoms with Crippen LogP contribution in [0.15, 0.2) is 34.9 Å². The van der Waals surface area contributed by atoms with Crippen molar-refractivity contribution in [3.05, 3.63) is 36.0 Å². The minimum absolute atomic E-state index is 0.0769. The van der Waals surface area contributed by atoms with Crippen LogP contribution >= 0.6 is 0 Å². The van der Waals surface area contributed by atoms with E-state index in [4.69, 9.17) is 14.0 Å². The molecule has 1 amide bonds. The number of aromatic nitrogens is 1. The molecule has 2 rings (SSSR count). The van der Waals surface area contributed by atoms with E-state index in [9.17, 15) is 4.79 Å². The summed E-state index contributed by atoms with van der Waals surface area (Å²) >= 11 is 0. The van der Waals surface area contributed by atoms with Gasteiger partial charge in [-0.05, 0) is 25.5 Å². The van der Waals surface area contributed by atoms with Crippen LogP contribution in [-0.2, 0) is 16.0 Å². The second-order valence-electron chi connectivity index (χ2n) is 4.99. The fourth-order valence-electron chi connectivity index (χ4n) is 2.08. The zero-order chi connectivity index (χ0) is 16.5. The van der Waals surface area contributed by atoms with Gasteiger partial charge in [0.25, 0.3) is 0 Å². The number of hydrogen-bond donors (Lipinski definition) is 1. The Kier molecular flexibility index (Phi) is 6.62. The van der Waals surface area contributed by atoms with E-state index in [2.05, 4.69) is 10.5 Å². The maximum absolute atomic E-state index is 11.8. The van der Waals surface area contributed by atoms with E-state index in [1.807, 2.05) is 31.2 Å². The topological polar surface area (TPSA) is 73.6 Å². The van der Waals surface area contributed by atoms with Gasteiger partial charge in [0.2, 0.25) is 5.91 Å². The van der Waals surface area contributed by atoms with Gasteiger partial charge in [0.05, 0.1) is 19.2 Å². The molecule has 6 heteroatoms. The third-order valence-corrected chi connectivity index (χ3v) is 3.25. The number of hydrogen-bond acceptors (Lipinski definition) is 5. The lowest BCUT2D eigenvalue weighted by Gasteiger charge is -2.03. The molecule has 6 nitrogen and oxygen atoms in total. The highest BCUT2D eigenvalue weighted by Crippen LogP contribution is 2.24. The van der Waals surface area contributed by atoms with E-state index in [-0.39, 0.29) is 12.3 Å². The van der Waals surface area contributed by atoms with Gasteiger partial charge in [-0.25, -0.2) is 0 Å². The summed E-state index contributed by atoms with van der Waals surface area (Å²) in [4.78, 5) is 11.8. The summed E-state index contributed by atoms with van der Waals surface area (Å²) in [5.74, 6) is 1.28. The molecular formula is C17H22N2O4. The molecule has 2 aromatic rings. The molecule has 1 aromatic carbocycles. The van der Waals surface area contributed by atoms with Crippen LogP contribution in [0.2, 0.25) is 0 Å². The maximum Gasteiger partial charge on any atom is 0.226 e. The highest BCUT2D eigenvalue weighted by Gasteiger charge is 2.11. The molecule has 0 fully saturated rings. The van der Waals surface area contributed by atoms with Gasteiger partial charge >= 0.3 is 0 Å². The van der Waals surface area contributed by atoms with Crippen LogP contribution in [0.3, 0.4) is 0 Å². The molecular weight excluding hydrogens is 296 g/mol. The fourth-order valence-corrected chi connectivity index (χ4v) is 2.08. The Morgan fingerprint density at radius 1 is 1.35 bits per heavy atom. The highest BCUT2D eigenvalue weighted by atomic mass is 16.5. The number of benzene rings is 1. The second kappa shape index (κ2) is 8.95. The molecule has 23 heavy (non-hydrogen) atoms. The molecule has 0 spiro atoms. The SMILES string of the molecule is CCOCCCNC(=O)Cc1cc(-c2cccc(OC)c2)on1. The van der Waals surface area contributed by atoms with Crippen LogP contribution in [0.4, 0.5) is 0 Å². The summed E-state index contributed by atoms with van der Waals surface area (Å²) in [6, 6.07) is 9.27. The first-order chi connectivity index (χ1) is 11.2. The lowest BCUT2D eigenvalue weighted by atomic mass is 10.1. The molecule has 0 saturated carbocycles. The Balaban J connectivity index is 1.85. The minimum Gasteiger partial charge on any atom is -0.497 e. The minimum atomic E-state index is -0.0769. The first kappa shape index (κ1) is 17.0. The smallest absolute Gasteiger partial charge is 0.226 e. The number of methoxy groups -OCH3 is 1. The van der Waals surface area contributed by atoms with Crippen molar-refractivity contribution >= 4 is 5.91 Å². The lowest BCUT2D eigenvalue weighted by molar-refractivity contribution is -0.120. The Morgan fingerprint density at radius 2 is 2.22 bits per heavy atom. The molecule has 124 valence electrons. The maximum atomic E-state index is 11.8. The average Bonchev–Trinajstić information content (AvgIpc) is 3.03. The Labute approximate surface area is 135 Å². The predicted molar refractivity (Wildman–Crippen MR) is 86.3 cm³/mol. The number of rotatable bonds is 9. The molecule has 0 aliphatic heterocycles. The van der Waals surface area contributed by atoms with Crippen molar-refractivity contribution < 1.29 is 18.8 Å². The molecule has 0 aliphatic carbocycles. The molecule has 1 aromatic heterocycles. The van der Waals surface area contributed by atoms with Crippen LogP contribution in [0, 0.1) is 0 Å². The molecule has 0 atom stereocenters. The number of ether oxygens (including phenoxy) is 2. The quantitative estimate of drug-likeness (QED) is 0.719. The van der Waals surface area contributed by atoms with Gasteiger partial charge in [-0.15, -0.1) is 0 Å². The number of carbonyl (C=O) groups is 1. The zero-order valence-corrected chi connectivity index (χ0v) is 13.5. The van der Waals surface area contributed by atoms with E-state index in [0.29, 0.717) is 31.2 Å². The van der Waals surface area contributed by atoms with Crippen LogP contribution in [0.1, 0.15) is 19.0 Å². The molecule has 0 unspecified atom stereocenters. The Hall–Kier alpha value is -2.34. The van der Waals surface area contributed by atoms with E-state index in [0.717, 1.165) is 17.7 Å². The summed E-state index contributed by atoms with van der Waals surface area (Å²) in [6.07, 6.45) is 0.996. The molecule has 0 radical (unpaired) electrons. The number of carbonyl (C=O) groups excluding carboxylic acids is 1. The fraction of sp³-hybridized carbons (Fsp3) is 0.412. The summed E-state index contributed by atoms with van der Waals surface area (Å²) in [7, 11) is 1.61. The summed E-state index contributed by atoms with van der Waals surface area (Å²) in [5, 5.41) is 6.78. The van der Waals surface area contributed by atoms with Crippen molar-refractivity contribution in [1.29, 1.82) is 0 Å². The van der Waals surface area contributed by atoms with E-state index in [1.165, 1.54) is 0 Å². The number of nitrogens with one attached hydrogen (secondary N) is 1. The van der Waals surface area contributed by atoms with Gasteiger partial charge in [-0.2, -0.15) is 0 Å². The third kappa shape index (κ3) is 5.41. The largest absolute Gasteiger partial charge is 0.497 e. The van der Waals surface area contributed by atoms with E-state index < -0.39 is 0 Å². The van der Waals surface area contributed by atoms with Crippen molar-refractivity contribution in [2.45, 2.75) is 19.8 Å². The van der Waals surface area contributed by atoms with Crippen molar-refractivity contribution in [1.82, 2.24) is 10.5 Å². The molecule has 0 aliphatic rings. The van der Waals surface area contributed by atoms with Gasteiger partial charge < -0.3 is 19.3 Å². The van der Waals surface area contributed by atoms with Crippen molar-refractivity contribution in [2.24, 2.45) is 0 Å². The van der Waals surface area contributed by atoms with E-state index in [1.54, 1.807) is 13.2 Å². The van der Waals surface area contributed by atoms with Crippen LogP contribution in [0.5, 0.6) is 5.75 Å². The zero-order valence-electron chi connectivity index (χ0n) is 13.5. The van der Waals surface area contributed by atoms with Crippen LogP contribution in [0.25, 0.3) is 11.3 Å². The summed E-state index contributed by atoms with van der Waals surface area (Å²) in [6.45, 7) is 3.89. The molecule has 1 heterocycles. The monoisotopic (exact) mass is 318 g/mol. The normalized spacial score (nSPS) is 10.5. The van der Waals surface area contributed by atoms with Gasteiger partial charge in [-0.1, -0.05) is 17.3 Å². The number of amides is 1. The summed E-state index contributed by atoms with van der Waals surface area (Å²) in [5.41, 5.74) is 1.46. The van der Waals surface area contributed by atoms with Gasteiger partial charge in [-0.3, -0.25) is 4.79 Å². The van der Waals surface area contributed by atoms with Crippen molar-refractivity contribution in [3.8, 4) is 17.1 Å². The standard InChI is InChI=1S/C17H22N2O4/c1-3-22-9-5-8-18-17(20)12-14-11-16(23-19-14)13-6-4-7-15(10-13)21-2/h4,6-7,10-11H,3,5,8-9,12H2,1-2H3,(H,18,20). The Morgan fingerprint density at radius 3 is 3.00 bits per heavy atom. The third-order valence-electron chi connectivity index (χ3n) is 3.25. The first-order valence-corrected chi connectivity index (χ1v) is 7.67. The molecule has 1 N–H and O–H groups in total. The molecule has 0 bridgehead atoms. The van der Waals surface area contributed by atoms with Gasteiger partial charge in [0.1, 0.15) is 5.75 Å². The highest BCUT2D eigenvalue weighted by molar-refractivity contribution is 5.78. The van der Waals surface area contributed by atoms with E-state index >= 15 is 0 Å².